The first-order chi connectivity index (χ1) is 13.7. The van der Waals surface area contributed by atoms with E-state index in [0.29, 0.717) is 28.5 Å². The molecule has 0 radical (unpaired) electrons. The highest BCUT2D eigenvalue weighted by molar-refractivity contribution is 7.99. The number of amides is 2. The predicted molar refractivity (Wildman–Crippen MR) is 117 cm³/mol. The Labute approximate surface area is 175 Å². The van der Waals surface area contributed by atoms with Crippen molar-refractivity contribution in [1.29, 1.82) is 0 Å². The molecule has 1 aromatic heterocycles. The Kier molecular flexibility index (Phi) is 8.25. The molecule has 7 nitrogen and oxygen atoms in total. The molecule has 0 fully saturated rings. The van der Waals surface area contributed by atoms with Crippen molar-refractivity contribution in [2.75, 3.05) is 19.3 Å². The minimum absolute atomic E-state index is 0.00285. The van der Waals surface area contributed by atoms with Crippen LogP contribution in [0.4, 0.5) is 0 Å². The first-order valence-electron chi connectivity index (χ1n) is 9.84. The largest absolute Gasteiger partial charge is 0.352 e. The highest BCUT2D eigenvalue weighted by Gasteiger charge is 2.17. The number of hydrogen-bond acceptors (Lipinski definition) is 5. The monoisotopic (exact) mass is 418 g/mol. The summed E-state index contributed by atoms with van der Waals surface area (Å²) in [5.41, 5.74) is 0.536. The van der Waals surface area contributed by atoms with Crippen molar-refractivity contribution in [1.82, 2.24) is 19.8 Å². The normalized spacial score (nSPS) is 11.3. The maximum atomic E-state index is 12.9. The number of carbonyl (C=O) groups excluding carboxylic acids is 2. The molecule has 0 bridgehead atoms. The highest BCUT2D eigenvalue weighted by atomic mass is 32.2. The summed E-state index contributed by atoms with van der Waals surface area (Å²) in [5, 5.41) is 3.88. The van der Waals surface area contributed by atoms with Crippen molar-refractivity contribution < 1.29 is 9.59 Å². The Morgan fingerprint density at radius 2 is 1.90 bits per heavy atom. The molecule has 1 N–H and O–H groups in total. The summed E-state index contributed by atoms with van der Waals surface area (Å²) in [7, 11) is 1.60. The molecule has 29 heavy (non-hydrogen) atoms. The van der Waals surface area contributed by atoms with Gasteiger partial charge in [-0.3, -0.25) is 19.0 Å². The molecule has 1 heterocycles. The topological polar surface area (TPSA) is 84.3 Å². The van der Waals surface area contributed by atoms with Gasteiger partial charge in [-0.2, -0.15) is 0 Å². The van der Waals surface area contributed by atoms with Crippen LogP contribution in [0.5, 0.6) is 0 Å². The quantitative estimate of drug-likeness (QED) is 0.500. The molecule has 8 heteroatoms. The van der Waals surface area contributed by atoms with Gasteiger partial charge < -0.3 is 10.2 Å². The van der Waals surface area contributed by atoms with Crippen molar-refractivity contribution >= 4 is 34.5 Å². The zero-order valence-electron chi connectivity index (χ0n) is 17.8. The molecule has 2 amide bonds. The van der Waals surface area contributed by atoms with E-state index in [4.69, 9.17) is 0 Å². The van der Waals surface area contributed by atoms with Crippen molar-refractivity contribution in [2.45, 2.75) is 51.9 Å². The van der Waals surface area contributed by atoms with Crippen LogP contribution in [-0.2, 0) is 16.1 Å². The summed E-state index contributed by atoms with van der Waals surface area (Å²) in [6.45, 7) is 8.51. The molecule has 1 aromatic carbocycles. The summed E-state index contributed by atoms with van der Waals surface area (Å²) in [5.74, 6) is 0.168. The number of likely N-dealkylation sites (N-methyl/N-ethyl adjacent to an activating group) is 1. The lowest BCUT2D eigenvalue weighted by Gasteiger charge is -2.18. The molecule has 2 aromatic rings. The minimum Gasteiger partial charge on any atom is -0.352 e. The van der Waals surface area contributed by atoms with Crippen LogP contribution in [0.1, 0.15) is 34.1 Å². The Bertz CT molecular complexity index is 924. The van der Waals surface area contributed by atoms with Crippen LogP contribution < -0.4 is 10.9 Å². The Morgan fingerprint density at radius 1 is 1.21 bits per heavy atom. The van der Waals surface area contributed by atoms with Crippen LogP contribution in [0.25, 0.3) is 10.9 Å². The number of nitrogens with zero attached hydrogens (tertiary/aromatic N) is 3. The lowest BCUT2D eigenvalue weighted by Crippen LogP contribution is -2.41. The van der Waals surface area contributed by atoms with E-state index in [1.807, 2.05) is 26.0 Å². The zero-order chi connectivity index (χ0) is 21.6. The fourth-order valence-electron chi connectivity index (χ4n) is 2.75. The Hall–Kier alpha value is -2.35. The van der Waals surface area contributed by atoms with Gasteiger partial charge in [0.1, 0.15) is 0 Å². The molecule has 0 spiro atoms. The van der Waals surface area contributed by atoms with Gasteiger partial charge in [-0.15, -0.1) is 0 Å². The van der Waals surface area contributed by atoms with Gasteiger partial charge in [0.25, 0.3) is 5.56 Å². The van der Waals surface area contributed by atoms with Gasteiger partial charge in [0.05, 0.1) is 23.2 Å². The third-order valence-electron chi connectivity index (χ3n) is 4.34. The SMILES string of the molecule is CC(C)CCn1c(SCC(=O)N(C)CC(=O)NC(C)C)nc2ccccc2c1=O. The minimum atomic E-state index is -0.196. The van der Waals surface area contributed by atoms with Gasteiger partial charge in [0.2, 0.25) is 11.8 Å². The number of hydrogen-bond donors (Lipinski definition) is 1. The summed E-state index contributed by atoms with van der Waals surface area (Å²) >= 11 is 1.23. The number of aromatic nitrogens is 2. The number of carbonyl (C=O) groups is 2. The van der Waals surface area contributed by atoms with Crippen LogP contribution in [-0.4, -0.2) is 51.7 Å². The molecular weight excluding hydrogens is 388 g/mol. The first kappa shape index (κ1) is 22.9. The Morgan fingerprint density at radius 3 is 2.55 bits per heavy atom. The molecule has 158 valence electrons. The van der Waals surface area contributed by atoms with E-state index in [2.05, 4.69) is 24.1 Å². The van der Waals surface area contributed by atoms with Crippen LogP contribution in [0, 0.1) is 5.92 Å². The van der Waals surface area contributed by atoms with Crippen molar-refractivity contribution in [3.8, 4) is 0 Å². The molecule has 0 saturated carbocycles. The van der Waals surface area contributed by atoms with E-state index in [-0.39, 0.29) is 35.7 Å². The molecule has 0 unspecified atom stereocenters. The number of nitrogens with one attached hydrogen (secondary N) is 1. The van der Waals surface area contributed by atoms with Gasteiger partial charge in [-0.05, 0) is 38.3 Å². The summed E-state index contributed by atoms with van der Waals surface area (Å²) < 4.78 is 1.66. The highest BCUT2D eigenvalue weighted by Crippen LogP contribution is 2.19. The van der Waals surface area contributed by atoms with Crippen LogP contribution in [0.15, 0.2) is 34.2 Å². The molecule has 0 saturated heterocycles. The standard InChI is InChI=1S/C21H30N4O3S/c1-14(2)10-11-25-20(28)16-8-6-7-9-17(16)23-21(25)29-13-19(27)24(5)12-18(26)22-15(3)4/h6-9,14-15H,10-13H2,1-5H3,(H,22,26). The van der Waals surface area contributed by atoms with E-state index in [1.165, 1.54) is 16.7 Å². The molecule has 0 aliphatic carbocycles. The van der Waals surface area contributed by atoms with E-state index < -0.39 is 0 Å². The van der Waals surface area contributed by atoms with Gasteiger partial charge in [0.15, 0.2) is 5.16 Å². The average Bonchev–Trinajstić information content (AvgIpc) is 2.64. The van der Waals surface area contributed by atoms with Crippen molar-refractivity contribution in [3.05, 3.63) is 34.6 Å². The lowest BCUT2D eigenvalue weighted by atomic mass is 10.1. The second-order valence-electron chi connectivity index (χ2n) is 7.81. The number of fused-ring (bicyclic) bond motifs is 1. The fraction of sp³-hybridized carbons (Fsp3) is 0.524. The van der Waals surface area contributed by atoms with E-state index >= 15 is 0 Å². The van der Waals surface area contributed by atoms with E-state index in [9.17, 15) is 14.4 Å². The molecule has 2 rings (SSSR count). The summed E-state index contributed by atoms with van der Waals surface area (Å²) in [6.07, 6.45) is 0.844. The first-order valence-corrected chi connectivity index (χ1v) is 10.8. The summed E-state index contributed by atoms with van der Waals surface area (Å²) in [6, 6.07) is 7.27. The molecule has 0 aliphatic heterocycles. The van der Waals surface area contributed by atoms with Gasteiger partial charge in [0, 0.05) is 19.6 Å². The maximum absolute atomic E-state index is 12.9. The lowest BCUT2D eigenvalue weighted by molar-refractivity contribution is -0.132. The second-order valence-corrected chi connectivity index (χ2v) is 8.75. The molecular formula is C21H30N4O3S. The molecule has 0 aliphatic rings. The van der Waals surface area contributed by atoms with E-state index in [0.717, 1.165) is 6.42 Å². The van der Waals surface area contributed by atoms with Crippen molar-refractivity contribution in [2.24, 2.45) is 5.92 Å². The number of thioether (sulfide) groups is 1. The number of rotatable bonds is 9. The Balaban J connectivity index is 2.17. The summed E-state index contributed by atoms with van der Waals surface area (Å²) in [4.78, 5) is 43.3. The third-order valence-corrected chi connectivity index (χ3v) is 5.30. The number of para-hydroxylation sites is 1. The van der Waals surface area contributed by atoms with Crippen molar-refractivity contribution in [3.63, 3.8) is 0 Å². The smallest absolute Gasteiger partial charge is 0.262 e. The number of benzene rings is 1. The average molecular weight is 419 g/mol. The fourth-order valence-corrected chi connectivity index (χ4v) is 3.72. The zero-order valence-corrected chi connectivity index (χ0v) is 18.6. The van der Waals surface area contributed by atoms with Crippen LogP contribution in [0.3, 0.4) is 0 Å². The maximum Gasteiger partial charge on any atom is 0.262 e. The second kappa shape index (κ2) is 10.4. The third kappa shape index (κ3) is 6.59. The van der Waals surface area contributed by atoms with Crippen LogP contribution >= 0.6 is 11.8 Å². The van der Waals surface area contributed by atoms with E-state index in [1.54, 1.807) is 23.7 Å². The van der Waals surface area contributed by atoms with Gasteiger partial charge in [-0.25, -0.2) is 4.98 Å². The van der Waals surface area contributed by atoms with Crippen LogP contribution in [0.2, 0.25) is 0 Å². The molecule has 0 atom stereocenters. The van der Waals surface area contributed by atoms with Gasteiger partial charge in [-0.1, -0.05) is 37.7 Å². The predicted octanol–water partition coefficient (Wildman–Crippen LogP) is 2.52. The van der Waals surface area contributed by atoms with Gasteiger partial charge >= 0.3 is 0 Å².